The van der Waals surface area contributed by atoms with Crippen LogP contribution in [0, 0.1) is 0 Å². The number of carbonyl (C=O) groups excluding carboxylic acids is 2. The van der Waals surface area contributed by atoms with Crippen LogP contribution in [0.2, 0.25) is 0 Å². The van der Waals surface area contributed by atoms with Crippen molar-refractivity contribution < 1.29 is 23.5 Å². The summed E-state index contributed by atoms with van der Waals surface area (Å²) in [5.74, 6) is 0.108. The first-order valence-corrected chi connectivity index (χ1v) is 11.1. The van der Waals surface area contributed by atoms with E-state index in [-0.39, 0.29) is 22.6 Å². The van der Waals surface area contributed by atoms with Crippen molar-refractivity contribution >= 4 is 34.2 Å². The van der Waals surface area contributed by atoms with Crippen molar-refractivity contribution in [1.29, 1.82) is 0 Å². The number of anilines is 2. The molecule has 3 rings (SSSR count). The maximum Gasteiger partial charge on any atom is 0.291 e. The molecule has 180 valence electrons. The summed E-state index contributed by atoms with van der Waals surface area (Å²) in [6, 6.07) is 11.3. The van der Waals surface area contributed by atoms with E-state index in [1.54, 1.807) is 30.3 Å². The van der Waals surface area contributed by atoms with Gasteiger partial charge in [0.15, 0.2) is 11.2 Å². The predicted octanol–water partition coefficient (Wildman–Crippen LogP) is 3.78. The molecule has 3 aromatic rings. The second-order valence-electron chi connectivity index (χ2n) is 7.59. The van der Waals surface area contributed by atoms with Gasteiger partial charge in [-0.1, -0.05) is 13.3 Å². The van der Waals surface area contributed by atoms with Crippen molar-refractivity contribution in [3.8, 4) is 11.5 Å². The Kier molecular flexibility index (Phi) is 8.50. The van der Waals surface area contributed by atoms with E-state index in [4.69, 9.17) is 13.9 Å². The first-order chi connectivity index (χ1) is 16.4. The largest absolute Gasteiger partial charge is 0.496 e. The molecular formula is C25H29N3O6. The van der Waals surface area contributed by atoms with Gasteiger partial charge in [0.2, 0.25) is 5.91 Å². The molecule has 0 atom stereocenters. The molecule has 9 nitrogen and oxygen atoms in total. The first-order valence-electron chi connectivity index (χ1n) is 11.1. The lowest BCUT2D eigenvalue weighted by atomic mass is 10.2. The van der Waals surface area contributed by atoms with Gasteiger partial charge in [0, 0.05) is 49.1 Å². The zero-order chi connectivity index (χ0) is 24.5. The Morgan fingerprint density at radius 3 is 2.38 bits per heavy atom. The summed E-state index contributed by atoms with van der Waals surface area (Å²) in [6.07, 6.45) is 2.42. The summed E-state index contributed by atoms with van der Waals surface area (Å²) >= 11 is 0. The quantitative estimate of drug-likeness (QED) is 0.367. The van der Waals surface area contributed by atoms with Crippen molar-refractivity contribution in [2.45, 2.75) is 26.2 Å². The molecule has 3 N–H and O–H groups in total. The lowest BCUT2D eigenvalue weighted by molar-refractivity contribution is -0.121. The highest BCUT2D eigenvalue weighted by Crippen LogP contribution is 2.29. The highest BCUT2D eigenvalue weighted by molar-refractivity contribution is 6.03. The zero-order valence-corrected chi connectivity index (χ0v) is 19.5. The van der Waals surface area contributed by atoms with Crippen LogP contribution in [-0.2, 0) is 4.79 Å². The van der Waals surface area contributed by atoms with Crippen LogP contribution in [0.15, 0.2) is 51.7 Å². The van der Waals surface area contributed by atoms with E-state index < -0.39 is 11.3 Å². The fraction of sp³-hybridized carbons (Fsp3) is 0.320. The summed E-state index contributed by atoms with van der Waals surface area (Å²) in [7, 11) is 2.92. The predicted molar refractivity (Wildman–Crippen MR) is 131 cm³/mol. The molecule has 34 heavy (non-hydrogen) atoms. The first kappa shape index (κ1) is 24.6. The van der Waals surface area contributed by atoms with Crippen LogP contribution >= 0.6 is 0 Å². The lowest BCUT2D eigenvalue weighted by Gasteiger charge is -2.10. The smallest absolute Gasteiger partial charge is 0.291 e. The lowest BCUT2D eigenvalue weighted by Crippen LogP contribution is -2.28. The van der Waals surface area contributed by atoms with E-state index in [1.165, 1.54) is 20.3 Å². The van der Waals surface area contributed by atoms with Crippen LogP contribution in [0.1, 0.15) is 36.7 Å². The van der Waals surface area contributed by atoms with Gasteiger partial charge in [0.25, 0.3) is 5.91 Å². The molecule has 0 fully saturated rings. The molecule has 0 radical (unpaired) electrons. The number of nitrogens with one attached hydrogen (secondary N) is 3. The molecule has 0 aliphatic heterocycles. The minimum Gasteiger partial charge on any atom is -0.496 e. The Labute approximate surface area is 197 Å². The summed E-state index contributed by atoms with van der Waals surface area (Å²) in [5, 5.41) is 9.02. The van der Waals surface area contributed by atoms with E-state index in [9.17, 15) is 14.4 Å². The fourth-order valence-corrected chi connectivity index (χ4v) is 3.32. The molecule has 1 heterocycles. The van der Waals surface area contributed by atoms with Crippen LogP contribution in [0.5, 0.6) is 11.5 Å². The third-order valence-electron chi connectivity index (χ3n) is 5.12. The molecule has 0 aliphatic carbocycles. The second-order valence-corrected chi connectivity index (χ2v) is 7.59. The summed E-state index contributed by atoms with van der Waals surface area (Å²) in [5.41, 5.74) is 1.18. The highest BCUT2D eigenvalue weighted by atomic mass is 16.5. The van der Waals surface area contributed by atoms with E-state index >= 15 is 0 Å². The number of benzene rings is 2. The Morgan fingerprint density at radius 1 is 0.971 bits per heavy atom. The average Bonchev–Trinajstić information content (AvgIpc) is 2.85. The van der Waals surface area contributed by atoms with Crippen LogP contribution in [0.25, 0.3) is 11.0 Å². The van der Waals surface area contributed by atoms with Crippen LogP contribution in [0.3, 0.4) is 0 Å². The van der Waals surface area contributed by atoms with Gasteiger partial charge in [-0.3, -0.25) is 14.4 Å². The van der Waals surface area contributed by atoms with Gasteiger partial charge >= 0.3 is 0 Å². The zero-order valence-electron chi connectivity index (χ0n) is 19.5. The van der Waals surface area contributed by atoms with Gasteiger partial charge in [0.05, 0.1) is 14.2 Å². The molecule has 2 aromatic carbocycles. The van der Waals surface area contributed by atoms with Gasteiger partial charge in [0.1, 0.15) is 22.5 Å². The molecule has 9 heteroatoms. The Balaban J connectivity index is 1.62. The number of hydrogen-bond acceptors (Lipinski definition) is 7. The summed E-state index contributed by atoms with van der Waals surface area (Å²) in [6.45, 7) is 3.16. The maximum atomic E-state index is 12.7. The van der Waals surface area contributed by atoms with E-state index in [1.807, 2.05) is 6.92 Å². The number of amides is 2. The molecule has 0 bridgehead atoms. The van der Waals surface area contributed by atoms with Crippen LogP contribution < -0.4 is 30.9 Å². The Morgan fingerprint density at radius 2 is 1.71 bits per heavy atom. The molecule has 0 saturated carbocycles. The number of rotatable bonds is 11. The van der Waals surface area contributed by atoms with Gasteiger partial charge in [-0.25, -0.2) is 0 Å². The standard InChI is InChI=1S/C25H29N3O6/c1-4-5-6-23(30)27-12-11-26-16-7-9-17(10-8-16)28-25(31)22-15-19(29)24-20(33-3)13-18(32-2)14-21(24)34-22/h7-10,13-15,26H,4-6,11-12H2,1-3H3,(H,27,30)(H,28,31). The number of unbranched alkanes of at least 4 members (excludes halogenated alkanes) is 1. The molecule has 0 spiro atoms. The topological polar surface area (TPSA) is 119 Å². The number of ether oxygens (including phenoxy) is 2. The minimum absolute atomic E-state index is 0.0546. The molecule has 0 aliphatic rings. The molecule has 1 aromatic heterocycles. The number of fused-ring (bicyclic) bond motifs is 1. The third kappa shape index (κ3) is 6.28. The fourth-order valence-electron chi connectivity index (χ4n) is 3.32. The monoisotopic (exact) mass is 467 g/mol. The number of methoxy groups -OCH3 is 2. The van der Waals surface area contributed by atoms with E-state index in [2.05, 4.69) is 16.0 Å². The minimum atomic E-state index is -0.559. The average molecular weight is 468 g/mol. The normalized spacial score (nSPS) is 10.6. The van der Waals surface area contributed by atoms with Crippen LogP contribution in [0.4, 0.5) is 11.4 Å². The van der Waals surface area contributed by atoms with Crippen molar-refractivity contribution in [2.24, 2.45) is 0 Å². The van der Waals surface area contributed by atoms with Crippen molar-refractivity contribution in [3.05, 3.63) is 58.4 Å². The second kappa shape index (κ2) is 11.7. The van der Waals surface area contributed by atoms with Crippen LogP contribution in [-0.4, -0.2) is 39.1 Å². The van der Waals surface area contributed by atoms with Gasteiger partial charge in [-0.05, 0) is 30.7 Å². The third-order valence-corrected chi connectivity index (χ3v) is 5.12. The SMILES string of the molecule is CCCCC(=O)NCCNc1ccc(NC(=O)c2cc(=O)c3c(OC)cc(OC)cc3o2)cc1. The van der Waals surface area contributed by atoms with Gasteiger partial charge < -0.3 is 29.8 Å². The van der Waals surface area contributed by atoms with Crippen molar-refractivity contribution in [1.82, 2.24) is 5.32 Å². The molecular weight excluding hydrogens is 438 g/mol. The number of hydrogen-bond donors (Lipinski definition) is 3. The molecule has 0 unspecified atom stereocenters. The van der Waals surface area contributed by atoms with Crippen molar-refractivity contribution in [2.75, 3.05) is 37.9 Å². The maximum absolute atomic E-state index is 12.7. The van der Waals surface area contributed by atoms with Crippen molar-refractivity contribution in [3.63, 3.8) is 0 Å². The Bertz CT molecular complexity index is 1200. The van der Waals surface area contributed by atoms with Gasteiger partial charge in [-0.2, -0.15) is 0 Å². The molecule has 2 amide bonds. The Hall–Kier alpha value is -4.01. The van der Waals surface area contributed by atoms with Gasteiger partial charge in [-0.15, -0.1) is 0 Å². The highest BCUT2D eigenvalue weighted by Gasteiger charge is 2.17. The summed E-state index contributed by atoms with van der Waals surface area (Å²) in [4.78, 5) is 36.9. The number of carbonyl (C=O) groups is 2. The molecule has 0 saturated heterocycles. The van der Waals surface area contributed by atoms with E-state index in [0.717, 1.165) is 24.6 Å². The summed E-state index contributed by atoms with van der Waals surface area (Å²) < 4.78 is 16.1. The van der Waals surface area contributed by atoms with E-state index in [0.29, 0.717) is 36.7 Å².